The number of ketones is 2. The third-order valence-corrected chi connectivity index (χ3v) is 3.88. The van der Waals surface area contributed by atoms with Crippen LogP contribution in [-0.2, 0) is 0 Å². The van der Waals surface area contributed by atoms with Gasteiger partial charge in [-0.3, -0.25) is 14.4 Å². The van der Waals surface area contributed by atoms with Crippen molar-refractivity contribution < 1.29 is 19.5 Å². The first-order valence-electron chi connectivity index (χ1n) is 6.94. The Morgan fingerprint density at radius 3 is 2.13 bits per heavy atom. The highest BCUT2D eigenvalue weighted by Crippen LogP contribution is 2.32. The SMILES string of the molecule is Cc1cccc(C(=O)N(N)C2(O)C(=O)c3ccccc3C2=O)c1. The van der Waals surface area contributed by atoms with Crippen molar-refractivity contribution in [2.45, 2.75) is 12.6 Å². The molecule has 0 saturated heterocycles. The van der Waals surface area contributed by atoms with E-state index in [-0.39, 0.29) is 16.7 Å². The lowest BCUT2D eigenvalue weighted by molar-refractivity contribution is -0.0389. The van der Waals surface area contributed by atoms with Crippen molar-refractivity contribution in [3.63, 3.8) is 0 Å². The number of Topliss-reactive ketones (excluding diaryl/α,β-unsaturated/α-hetero) is 2. The molecule has 1 aliphatic rings. The molecule has 0 unspecified atom stereocenters. The molecule has 2 aromatic rings. The van der Waals surface area contributed by atoms with Crippen LogP contribution in [0.4, 0.5) is 0 Å². The van der Waals surface area contributed by atoms with Gasteiger partial charge in [0.2, 0.25) is 11.6 Å². The summed E-state index contributed by atoms with van der Waals surface area (Å²) in [6, 6.07) is 12.5. The molecular weight excluding hydrogens is 296 g/mol. The molecule has 0 heterocycles. The highest BCUT2D eigenvalue weighted by molar-refractivity contribution is 6.32. The maximum atomic E-state index is 12.5. The van der Waals surface area contributed by atoms with Gasteiger partial charge in [0.1, 0.15) is 0 Å². The minimum atomic E-state index is -2.72. The quantitative estimate of drug-likeness (QED) is 0.284. The number of aryl methyl sites for hydroxylation is 1. The zero-order valence-corrected chi connectivity index (χ0v) is 12.3. The summed E-state index contributed by atoms with van der Waals surface area (Å²) in [5.41, 5.74) is -1.63. The Labute approximate surface area is 132 Å². The van der Waals surface area contributed by atoms with Crippen LogP contribution < -0.4 is 5.84 Å². The number of hydrazine groups is 1. The average Bonchev–Trinajstić information content (AvgIpc) is 2.76. The maximum Gasteiger partial charge on any atom is 0.284 e. The van der Waals surface area contributed by atoms with Gasteiger partial charge in [-0.2, -0.15) is 0 Å². The Balaban J connectivity index is 2.03. The normalized spacial score (nSPS) is 15.4. The molecule has 0 fully saturated rings. The van der Waals surface area contributed by atoms with E-state index in [1.807, 2.05) is 0 Å². The summed E-state index contributed by atoms with van der Waals surface area (Å²) in [5, 5.41) is 10.9. The van der Waals surface area contributed by atoms with Crippen LogP contribution in [-0.4, -0.2) is 33.3 Å². The Kier molecular flexibility index (Phi) is 3.35. The molecule has 1 aliphatic carbocycles. The standard InChI is InChI=1S/C17H14N2O4/c1-10-5-4-6-11(9-10)16(22)19(18)17(23)14(20)12-7-2-3-8-13(12)15(17)21/h2-9,23H,18H2,1H3. The zero-order chi connectivity index (χ0) is 16.8. The molecule has 2 aromatic carbocycles. The number of carbonyl (C=O) groups is 3. The van der Waals surface area contributed by atoms with Crippen molar-refractivity contribution in [1.29, 1.82) is 0 Å². The minimum Gasteiger partial charge on any atom is -0.357 e. The molecule has 0 bridgehead atoms. The Bertz CT molecular complexity index is 809. The minimum absolute atomic E-state index is 0.0486. The second-order valence-electron chi connectivity index (χ2n) is 5.42. The van der Waals surface area contributed by atoms with Crippen molar-refractivity contribution in [2.24, 2.45) is 5.84 Å². The lowest BCUT2D eigenvalue weighted by Gasteiger charge is -2.29. The molecule has 0 spiro atoms. The lowest BCUT2D eigenvalue weighted by Crippen LogP contribution is -2.62. The number of hydrogen-bond acceptors (Lipinski definition) is 5. The monoisotopic (exact) mass is 310 g/mol. The van der Waals surface area contributed by atoms with E-state index >= 15 is 0 Å². The largest absolute Gasteiger partial charge is 0.357 e. The molecule has 0 radical (unpaired) electrons. The summed E-state index contributed by atoms with van der Waals surface area (Å²) in [7, 11) is 0. The second kappa shape index (κ2) is 5.12. The maximum absolute atomic E-state index is 12.5. The molecule has 0 aromatic heterocycles. The number of nitrogens with two attached hydrogens (primary N) is 1. The molecular formula is C17H14N2O4. The Hall–Kier alpha value is -2.83. The van der Waals surface area contributed by atoms with Gasteiger partial charge in [-0.05, 0) is 19.1 Å². The van der Waals surface area contributed by atoms with Gasteiger partial charge in [-0.15, -0.1) is 0 Å². The van der Waals surface area contributed by atoms with Gasteiger partial charge in [0, 0.05) is 16.7 Å². The van der Waals surface area contributed by atoms with E-state index in [9.17, 15) is 19.5 Å². The van der Waals surface area contributed by atoms with E-state index in [1.165, 1.54) is 18.2 Å². The van der Waals surface area contributed by atoms with Gasteiger partial charge >= 0.3 is 0 Å². The highest BCUT2D eigenvalue weighted by Gasteiger charge is 2.57. The number of amides is 1. The number of carbonyl (C=O) groups excluding carboxylic acids is 3. The van der Waals surface area contributed by atoms with Crippen LogP contribution in [0.1, 0.15) is 36.6 Å². The van der Waals surface area contributed by atoms with Crippen LogP contribution in [0.15, 0.2) is 48.5 Å². The molecule has 23 heavy (non-hydrogen) atoms. The summed E-state index contributed by atoms with van der Waals surface area (Å²) in [6.07, 6.45) is 0. The third kappa shape index (κ3) is 2.08. The molecule has 0 aliphatic heterocycles. The van der Waals surface area contributed by atoms with E-state index in [0.717, 1.165) is 5.56 Å². The van der Waals surface area contributed by atoms with Crippen molar-refractivity contribution in [1.82, 2.24) is 5.01 Å². The predicted molar refractivity (Wildman–Crippen MR) is 81.6 cm³/mol. The first-order valence-corrected chi connectivity index (χ1v) is 6.94. The number of nitrogens with zero attached hydrogens (tertiary/aromatic N) is 1. The molecule has 1 amide bonds. The Morgan fingerprint density at radius 2 is 1.61 bits per heavy atom. The van der Waals surface area contributed by atoms with Crippen LogP contribution >= 0.6 is 0 Å². The van der Waals surface area contributed by atoms with Gasteiger partial charge in [-0.25, -0.2) is 10.9 Å². The molecule has 3 N–H and O–H groups in total. The average molecular weight is 310 g/mol. The fourth-order valence-electron chi connectivity index (χ4n) is 2.64. The summed E-state index contributed by atoms with van der Waals surface area (Å²) in [4.78, 5) is 37.3. The summed E-state index contributed by atoms with van der Waals surface area (Å²) in [6.45, 7) is 1.79. The number of hydrogen-bond donors (Lipinski definition) is 2. The number of benzene rings is 2. The van der Waals surface area contributed by atoms with Crippen molar-refractivity contribution >= 4 is 17.5 Å². The number of fused-ring (bicyclic) bond motifs is 1. The lowest BCUT2D eigenvalue weighted by atomic mass is 10.1. The fraction of sp³-hybridized carbons (Fsp3) is 0.118. The topological polar surface area (TPSA) is 101 Å². The second-order valence-corrected chi connectivity index (χ2v) is 5.42. The predicted octanol–water partition coefficient (Wildman–Crippen LogP) is 1.08. The van der Waals surface area contributed by atoms with Crippen LogP contribution in [0.3, 0.4) is 0 Å². The van der Waals surface area contributed by atoms with Gasteiger partial charge in [0.25, 0.3) is 11.6 Å². The first kappa shape index (κ1) is 15.1. The van der Waals surface area contributed by atoms with Gasteiger partial charge < -0.3 is 5.11 Å². The molecule has 0 saturated carbocycles. The Morgan fingerprint density at radius 1 is 1.04 bits per heavy atom. The number of aliphatic hydroxyl groups is 1. The zero-order valence-electron chi connectivity index (χ0n) is 12.3. The molecule has 116 valence electrons. The van der Waals surface area contributed by atoms with Crippen LogP contribution in [0.2, 0.25) is 0 Å². The van der Waals surface area contributed by atoms with Crippen molar-refractivity contribution in [3.8, 4) is 0 Å². The molecule has 6 heteroatoms. The van der Waals surface area contributed by atoms with Gasteiger partial charge in [0.15, 0.2) is 0 Å². The third-order valence-electron chi connectivity index (χ3n) is 3.88. The van der Waals surface area contributed by atoms with E-state index in [4.69, 9.17) is 5.84 Å². The molecule has 6 nitrogen and oxygen atoms in total. The van der Waals surface area contributed by atoms with Gasteiger partial charge in [-0.1, -0.05) is 42.0 Å². The fourth-order valence-corrected chi connectivity index (χ4v) is 2.64. The highest BCUT2D eigenvalue weighted by atomic mass is 16.3. The van der Waals surface area contributed by atoms with Crippen LogP contribution in [0, 0.1) is 6.92 Å². The molecule has 3 rings (SSSR count). The van der Waals surface area contributed by atoms with Crippen LogP contribution in [0.25, 0.3) is 0 Å². The van der Waals surface area contributed by atoms with Crippen LogP contribution in [0.5, 0.6) is 0 Å². The van der Waals surface area contributed by atoms with Crippen molar-refractivity contribution in [3.05, 3.63) is 70.8 Å². The van der Waals surface area contributed by atoms with E-state index < -0.39 is 23.2 Å². The number of rotatable bonds is 2. The summed E-state index contributed by atoms with van der Waals surface area (Å²) < 4.78 is 0. The van der Waals surface area contributed by atoms with E-state index in [1.54, 1.807) is 37.3 Å². The smallest absolute Gasteiger partial charge is 0.284 e. The van der Waals surface area contributed by atoms with Crippen molar-refractivity contribution in [2.75, 3.05) is 0 Å². The molecule has 0 atom stereocenters. The summed E-state index contributed by atoms with van der Waals surface area (Å²) >= 11 is 0. The van der Waals surface area contributed by atoms with E-state index in [2.05, 4.69) is 0 Å². The first-order chi connectivity index (χ1) is 10.9. The van der Waals surface area contributed by atoms with E-state index in [0.29, 0.717) is 5.01 Å². The summed E-state index contributed by atoms with van der Waals surface area (Å²) in [5.74, 6) is 3.07. The van der Waals surface area contributed by atoms with Gasteiger partial charge in [0.05, 0.1) is 0 Å².